The molecule has 0 unspecified atom stereocenters. The molecule has 1 saturated heterocycles. The standard InChI is InChI=1S/C24H25ClN2O3/c1-15-4-6-17(7-5-15)21-22(26-12-10-16(2)11-13-26)24(29)27(23(21)28)18-8-9-20(30-3)19(25)14-18/h4-9,14,16H,10-13H2,1-3H3. The Bertz CT molecular complexity index is 1020. The topological polar surface area (TPSA) is 49.9 Å². The number of anilines is 1. The SMILES string of the molecule is COc1ccc(N2C(=O)C(c3ccc(C)cc3)=C(N3CCC(C)CC3)C2=O)cc1Cl. The zero-order valence-corrected chi connectivity index (χ0v) is 18.2. The number of nitrogens with zero attached hydrogens (tertiary/aromatic N) is 2. The summed E-state index contributed by atoms with van der Waals surface area (Å²) in [7, 11) is 1.53. The summed E-state index contributed by atoms with van der Waals surface area (Å²) < 4.78 is 5.21. The molecule has 0 aromatic heterocycles. The van der Waals surface area contributed by atoms with Gasteiger partial charge in [0.2, 0.25) is 0 Å². The van der Waals surface area contributed by atoms with Crippen LogP contribution in [0.4, 0.5) is 5.69 Å². The van der Waals surface area contributed by atoms with E-state index in [1.54, 1.807) is 18.2 Å². The minimum atomic E-state index is -0.321. The summed E-state index contributed by atoms with van der Waals surface area (Å²) in [6, 6.07) is 12.7. The van der Waals surface area contributed by atoms with Crippen molar-refractivity contribution >= 4 is 34.7 Å². The van der Waals surface area contributed by atoms with Gasteiger partial charge in [0.25, 0.3) is 11.8 Å². The number of halogens is 1. The fraction of sp³-hybridized carbons (Fsp3) is 0.333. The lowest BCUT2D eigenvalue weighted by molar-refractivity contribution is -0.120. The monoisotopic (exact) mass is 424 g/mol. The number of imide groups is 1. The Kier molecular flexibility index (Phi) is 5.56. The lowest BCUT2D eigenvalue weighted by Gasteiger charge is -2.32. The molecule has 6 heteroatoms. The van der Waals surface area contributed by atoms with Crippen LogP contribution in [0.2, 0.25) is 5.02 Å². The zero-order chi connectivity index (χ0) is 21.4. The van der Waals surface area contributed by atoms with Crippen LogP contribution >= 0.6 is 11.6 Å². The van der Waals surface area contributed by atoms with Gasteiger partial charge in [-0.15, -0.1) is 0 Å². The smallest absolute Gasteiger partial charge is 0.282 e. The molecule has 0 spiro atoms. The third-order valence-corrected chi connectivity index (χ3v) is 6.19. The predicted octanol–water partition coefficient (Wildman–Crippen LogP) is 4.67. The highest BCUT2D eigenvalue weighted by molar-refractivity contribution is 6.45. The van der Waals surface area contributed by atoms with E-state index in [2.05, 4.69) is 11.8 Å². The van der Waals surface area contributed by atoms with Crippen LogP contribution in [0.1, 0.15) is 30.9 Å². The van der Waals surface area contributed by atoms with Gasteiger partial charge < -0.3 is 9.64 Å². The molecule has 0 atom stereocenters. The number of likely N-dealkylation sites (tertiary alicyclic amines) is 1. The Morgan fingerprint density at radius 2 is 1.67 bits per heavy atom. The minimum Gasteiger partial charge on any atom is -0.495 e. The summed E-state index contributed by atoms with van der Waals surface area (Å²) in [4.78, 5) is 30.4. The average molecular weight is 425 g/mol. The highest BCUT2D eigenvalue weighted by Crippen LogP contribution is 2.38. The molecule has 1 fully saturated rings. The Morgan fingerprint density at radius 3 is 2.27 bits per heavy atom. The summed E-state index contributed by atoms with van der Waals surface area (Å²) in [6.07, 6.45) is 2.00. The molecule has 0 radical (unpaired) electrons. The molecule has 2 heterocycles. The van der Waals surface area contributed by atoms with E-state index in [9.17, 15) is 9.59 Å². The second-order valence-corrected chi connectivity index (χ2v) is 8.43. The van der Waals surface area contributed by atoms with Crippen LogP contribution in [0.3, 0.4) is 0 Å². The fourth-order valence-electron chi connectivity index (χ4n) is 4.05. The largest absolute Gasteiger partial charge is 0.495 e. The van der Waals surface area contributed by atoms with Gasteiger partial charge >= 0.3 is 0 Å². The van der Waals surface area contributed by atoms with Crippen molar-refractivity contribution in [3.8, 4) is 5.75 Å². The van der Waals surface area contributed by atoms with E-state index in [1.807, 2.05) is 31.2 Å². The number of benzene rings is 2. The van der Waals surface area contributed by atoms with Gasteiger partial charge in [-0.3, -0.25) is 9.59 Å². The number of amides is 2. The number of rotatable bonds is 4. The van der Waals surface area contributed by atoms with Crippen molar-refractivity contribution in [1.29, 1.82) is 0 Å². The molecule has 2 aromatic carbocycles. The molecule has 0 bridgehead atoms. The maximum absolute atomic E-state index is 13.5. The summed E-state index contributed by atoms with van der Waals surface area (Å²) in [5.41, 5.74) is 3.25. The molecule has 5 nitrogen and oxygen atoms in total. The van der Waals surface area contributed by atoms with E-state index in [1.165, 1.54) is 12.0 Å². The van der Waals surface area contributed by atoms with Crippen molar-refractivity contribution in [3.05, 3.63) is 64.3 Å². The molecule has 0 saturated carbocycles. The average Bonchev–Trinajstić information content (AvgIpc) is 2.99. The van der Waals surface area contributed by atoms with Crippen molar-refractivity contribution in [3.63, 3.8) is 0 Å². The Morgan fingerprint density at radius 1 is 1.00 bits per heavy atom. The highest BCUT2D eigenvalue weighted by atomic mass is 35.5. The third kappa shape index (κ3) is 3.58. The van der Waals surface area contributed by atoms with Gasteiger partial charge in [-0.05, 0) is 49.4 Å². The van der Waals surface area contributed by atoms with Gasteiger partial charge in [0.05, 0.1) is 23.4 Å². The Hall–Kier alpha value is -2.79. The molecule has 30 heavy (non-hydrogen) atoms. The number of methoxy groups -OCH3 is 1. The molecule has 2 aliphatic heterocycles. The van der Waals surface area contributed by atoms with E-state index in [0.29, 0.717) is 33.6 Å². The van der Waals surface area contributed by atoms with E-state index >= 15 is 0 Å². The predicted molar refractivity (Wildman–Crippen MR) is 119 cm³/mol. The number of aryl methyl sites for hydroxylation is 1. The zero-order valence-electron chi connectivity index (χ0n) is 17.4. The van der Waals surface area contributed by atoms with Crippen LogP contribution in [0, 0.1) is 12.8 Å². The maximum atomic E-state index is 13.5. The van der Waals surface area contributed by atoms with Gasteiger partial charge in [-0.1, -0.05) is 48.4 Å². The quantitative estimate of drug-likeness (QED) is 0.669. The summed E-state index contributed by atoms with van der Waals surface area (Å²) in [5.74, 6) is 0.495. The number of hydrogen-bond donors (Lipinski definition) is 0. The maximum Gasteiger partial charge on any atom is 0.282 e. The normalized spacial score (nSPS) is 17.9. The fourth-order valence-corrected chi connectivity index (χ4v) is 4.30. The van der Waals surface area contributed by atoms with Gasteiger partial charge in [0.1, 0.15) is 11.4 Å². The van der Waals surface area contributed by atoms with Gasteiger partial charge in [-0.25, -0.2) is 4.90 Å². The van der Waals surface area contributed by atoms with E-state index in [4.69, 9.17) is 16.3 Å². The van der Waals surface area contributed by atoms with Crippen LogP contribution < -0.4 is 9.64 Å². The summed E-state index contributed by atoms with van der Waals surface area (Å²) >= 11 is 6.28. The van der Waals surface area contributed by atoms with E-state index in [-0.39, 0.29) is 11.8 Å². The first-order valence-electron chi connectivity index (χ1n) is 10.2. The molecule has 2 amide bonds. The van der Waals surface area contributed by atoms with E-state index in [0.717, 1.165) is 37.1 Å². The second-order valence-electron chi connectivity index (χ2n) is 8.02. The van der Waals surface area contributed by atoms with Crippen LogP contribution in [-0.4, -0.2) is 36.9 Å². The van der Waals surface area contributed by atoms with Crippen molar-refractivity contribution in [2.75, 3.05) is 25.1 Å². The molecule has 156 valence electrons. The van der Waals surface area contributed by atoms with Gasteiger partial charge in [-0.2, -0.15) is 0 Å². The second kappa shape index (κ2) is 8.15. The van der Waals surface area contributed by atoms with Crippen LogP contribution in [0.25, 0.3) is 5.57 Å². The molecule has 0 N–H and O–H groups in total. The molecule has 0 aliphatic carbocycles. The minimum absolute atomic E-state index is 0.300. The summed E-state index contributed by atoms with van der Waals surface area (Å²) in [5, 5.41) is 0.354. The molecular weight excluding hydrogens is 400 g/mol. The van der Waals surface area contributed by atoms with Crippen LogP contribution in [-0.2, 0) is 9.59 Å². The van der Waals surface area contributed by atoms with E-state index < -0.39 is 0 Å². The molecule has 2 aromatic rings. The van der Waals surface area contributed by atoms with Crippen molar-refractivity contribution in [2.45, 2.75) is 26.7 Å². The Labute approximate surface area is 181 Å². The third-order valence-electron chi connectivity index (χ3n) is 5.89. The van der Waals surface area contributed by atoms with Crippen molar-refractivity contribution < 1.29 is 14.3 Å². The first-order valence-corrected chi connectivity index (χ1v) is 10.6. The van der Waals surface area contributed by atoms with Gasteiger partial charge in [0, 0.05) is 13.1 Å². The Balaban J connectivity index is 1.79. The lowest BCUT2D eigenvalue weighted by atomic mass is 9.97. The van der Waals surface area contributed by atoms with Gasteiger partial charge in [0.15, 0.2) is 0 Å². The number of carbonyl (C=O) groups excluding carboxylic acids is 2. The van der Waals surface area contributed by atoms with Crippen molar-refractivity contribution in [1.82, 2.24) is 4.90 Å². The molecule has 4 rings (SSSR count). The molecular formula is C24H25ClN2O3. The number of ether oxygens (including phenoxy) is 1. The molecule has 2 aliphatic rings. The lowest BCUT2D eigenvalue weighted by Crippen LogP contribution is -2.38. The number of hydrogen-bond acceptors (Lipinski definition) is 4. The summed E-state index contributed by atoms with van der Waals surface area (Å²) in [6.45, 7) is 5.75. The van der Waals surface area contributed by atoms with Crippen LogP contribution in [0.5, 0.6) is 5.75 Å². The first kappa shape index (κ1) is 20.5. The number of piperidine rings is 1. The van der Waals surface area contributed by atoms with Crippen molar-refractivity contribution in [2.24, 2.45) is 5.92 Å². The van der Waals surface area contributed by atoms with Crippen LogP contribution in [0.15, 0.2) is 48.2 Å². The first-order chi connectivity index (χ1) is 14.4. The highest BCUT2D eigenvalue weighted by Gasteiger charge is 2.43. The number of carbonyl (C=O) groups is 2.